The van der Waals surface area contributed by atoms with Gasteiger partial charge in [-0.2, -0.15) is 0 Å². The number of hydrogen-bond acceptors (Lipinski definition) is 2. The molecule has 0 bridgehead atoms. The van der Waals surface area contributed by atoms with E-state index in [2.05, 4.69) is 12.2 Å². The van der Waals surface area contributed by atoms with Gasteiger partial charge in [-0.1, -0.05) is 26.7 Å². The third-order valence-corrected chi connectivity index (χ3v) is 4.30. The van der Waals surface area contributed by atoms with Gasteiger partial charge in [0.25, 0.3) is 0 Å². The summed E-state index contributed by atoms with van der Waals surface area (Å²) in [5, 5.41) is 12.2. The molecular formula is C15H29NO3. The van der Waals surface area contributed by atoms with Crippen molar-refractivity contribution in [1.82, 2.24) is 5.32 Å². The highest BCUT2D eigenvalue weighted by molar-refractivity contribution is 5.82. The molecule has 4 heteroatoms. The van der Waals surface area contributed by atoms with Crippen LogP contribution in [0.2, 0.25) is 0 Å². The fourth-order valence-corrected chi connectivity index (χ4v) is 1.80. The van der Waals surface area contributed by atoms with Crippen LogP contribution >= 0.6 is 0 Å². The van der Waals surface area contributed by atoms with E-state index in [1.165, 1.54) is 0 Å². The lowest BCUT2D eigenvalue weighted by Gasteiger charge is -2.39. The SMILES string of the molecule is CCCCC(CC)C(=O)NC(C)(C)C(C)(C)C(=O)O. The van der Waals surface area contributed by atoms with E-state index < -0.39 is 16.9 Å². The van der Waals surface area contributed by atoms with Crippen LogP contribution in [0.15, 0.2) is 0 Å². The third kappa shape index (κ3) is 4.51. The Labute approximate surface area is 117 Å². The van der Waals surface area contributed by atoms with E-state index in [9.17, 15) is 14.7 Å². The minimum Gasteiger partial charge on any atom is -0.481 e. The van der Waals surface area contributed by atoms with Crippen LogP contribution in [0, 0.1) is 11.3 Å². The summed E-state index contributed by atoms with van der Waals surface area (Å²) >= 11 is 0. The molecule has 0 aromatic heterocycles. The zero-order valence-electron chi connectivity index (χ0n) is 13.2. The molecular weight excluding hydrogens is 242 g/mol. The lowest BCUT2D eigenvalue weighted by molar-refractivity contribution is -0.152. The summed E-state index contributed by atoms with van der Waals surface area (Å²) in [4.78, 5) is 23.6. The Hall–Kier alpha value is -1.06. The predicted octanol–water partition coefficient (Wildman–Crippen LogP) is 3.21. The zero-order valence-corrected chi connectivity index (χ0v) is 13.2. The molecule has 112 valence electrons. The third-order valence-electron chi connectivity index (χ3n) is 4.30. The van der Waals surface area contributed by atoms with Gasteiger partial charge in [-0.25, -0.2) is 0 Å². The minimum absolute atomic E-state index is 0.0242. The molecule has 0 aliphatic rings. The molecule has 4 nitrogen and oxygen atoms in total. The van der Waals surface area contributed by atoms with E-state index in [0.717, 1.165) is 25.7 Å². The number of aliphatic carboxylic acids is 1. The van der Waals surface area contributed by atoms with Crippen LogP contribution in [-0.4, -0.2) is 22.5 Å². The van der Waals surface area contributed by atoms with Gasteiger partial charge in [-0.3, -0.25) is 9.59 Å². The highest BCUT2D eigenvalue weighted by Crippen LogP contribution is 2.31. The van der Waals surface area contributed by atoms with Gasteiger partial charge in [0.15, 0.2) is 0 Å². The van der Waals surface area contributed by atoms with Crippen LogP contribution < -0.4 is 5.32 Å². The van der Waals surface area contributed by atoms with E-state index in [1.807, 2.05) is 6.92 Å². The number of rotatable bonds is 8. The normalized spacial score (nSPS) is 14.0. The number of carboxylic acids is 1. The van der Waals surface area contributed by atoms with Crippen LogP contribution in [0.4, 0.5) is 0 Å². The van der Waals surface area contributed by atoms with Crippen molar-refractivity contribution >= 4 is 11.9 Å². The average molecular weight is 271 g/mol. The summed E-state index contributed by atoms with van der Waals surface area (Å²) in [6, 6.07) is 0. The van der Waals surface area contributed by atoms with Crippen LogP contribution in [0.5, 0.6) is 0 Å². The molecule has 0 aromatic rings. The number of hydrogen-bond donors (Lipinski definition) is 2. The van der Waals surface area contributed by atoms with Gasteiger partial charge in [0.2, 0.25) is 5.91 Å². The smallest absolute Gasteiger partial charge is 0.311 e. The van der Waals surface area contributed by atoms with Crippen LogP contribution in [0.3, 0.4) is 0 Å². The van der Waals surface area contributed by atoms with Gasteiger partial charge < -0.3 is 10.4 Å². The second kappa shape index (κ2) is 6.92. The van der Waals surface area contributed by atoms with Crippen LogP contribution in [0.25, 0.3) is 0 Å². The Morgan fingerprint density at radius 3 is 2.05 bits per heavy atom. The van der Waals surface area contributed by atoms with Crippen molar-refractivity contribution in [2.45, 2.75) is 72.8 Å². The van der Waals surface area contributed by atoms with Gasteiger partial charge in [0.1, 0.15) is 0 Å². The molecule has 0 rings (SSSR count). The predicted molar refractivity (Wildman–Crippen MR) is 76.9 cm³/mol. The van der Waals surface area contributed by atoms with E-state index in [1.54, 1.807) is 27.7 Å². The Bertz CT molecular complexity index is 321. The summed E-state index contributed by atoms with van der Waals surface area (Å²) in [5.74, 6) is -0.960. The number of carbonyl (C=O) groups excluding carboxylic acids is 1. The Morgan fingerprint density at radius 1 is 1.16 bits per heavy atom. The second-order valence-electron chi connectivity index (χ2n) is 6.29. The summed E-state index contributed by atoms with van der Waals surface area (Å²) in [5.41, 5.74) is -1.79. The first-order valence-electron chi connectivity index (χ1n) is 7.15. The molecule has 0 saturated heterocycles. The molecule has 2 N–H and O–H groups in total. The molecule has 1 amide bonds. The second-order valence-corrected chi connectivity index (χ2v) is 6.29. The lowest BCUT2D eigenvalue weighted by atomic mass is 9.74. The van der Waals surface area contributed by atoms with E-state index in [0.29, 0.717) is 0 Å². The van der Waals surface area contributed by atoms with E-state index in [-0.39, 0.29) is 11.8 Å². The van der Waals surface area contributed by atoms with Crippen molar-refractivity contribution in [1.29, 1.82) is 0 Å². The van der Waals surface area contributed by atoms with E-state index >= 15 is 0 Å². The monoisotopic (exact) mass is 271 g/mol. The number of carbonyl (C=O) groups is 2. The van der Waals surface area contributed by atoms with Crippen molar-refractivity contribution in [2.75, 3.05) is 0 Å². The highest BCUT2D eigenvalue weighted by atomic mass is 16.4. The maximum atomic E-state index is 12.3. The summed E-state index contributed by atoms with van der Waals surface area (Å²) < 4.78 is 0. The van der Waals surface area contributed by atoms with Crippen molar-refractivity contribution in [2.24, 2.45) is 11.3 Å². The molecule has 0 fully saturated rings. The van der Waals surface area contributed by atoms with Gasteiger partial charge in [0.05, 0.1) is 5.41 Å². The number of carboxylic acid groups (broad SMARTS) is 1. The molecule has 0 spiro atoms. The zero-order chi connectivity index (χ0) is 15.3. The topological polar surface area (TPSA) is 66.4 Å². The molecule has 0 heterocycles. The highest BCUT2D eigenvalue weighted by Gasteiger charge is 2.44. The van der Waals surface area contributed by atoms with Crippen molar-refractivity contribution < 1.29 is 14.7 Å². The van der Waals surface area contributed by atoms with E-state index in [4.69, 9.17) is 0 Å². The summed E-state index contributed by atoms with van der Waals surface area (Å²) in [6.07, 6.45) is 3.74. The minimum atomic E-state index is -1.01. The number of unbranched alkanes of at least 4 members (excludes halogenated alkanes) is 1. The molecule has 1 atom stereocenters. The van der Waals surface area contributed by atoms with Crippen molar-refractivity contribution in [3.8, 4) is 0 Å². The molecule has 0 aromatic carbocycles. The first kappa shape index (κ1) is 17.9. The number of amides is 1. The quantitative estimate of drug-likeness (QED) is 0.712. The summed E-state index contributed by atoms with van der Waals surface area (Å²) in [7, 11) is 0. The molecule has 0 saturated carbocycles. The molecule has 1 unspecified atom stereocenters. The lowest BCUT2D eigenvalue weighted by Crippen LogP contribution is -2.58. The van der Waals surface area contributed by atoms with Gasteiger partial charge >= 0.3 is 5.97 Å². The maximum Gasteiger partial charge on any atom is 0.311 e. The standard InChI is InChI=1S/C15H29NO3/c1-7-9-10-11(8-2)12(17)16-15(5,6)14(3,4)13(18)19/h11H,7-10H2,1-6H3,(H,16,17)(H,18,19). The van der Waals surface area contributed by atoms with Crippen molar-refractivity contribution in [3.63, 3.8) is 0 Å². The fourth-order valence-electron chi connectivity index (χ4n) is 1.80. The molecule has 0 radical (unpaired) electrons. The van der Waals surface area contributed by atoms with Gasteiger partial charge in [-0.15, -0.1) is 0 Å². The Morgan fingerprint density at radius 2 is 1.68 bits per heavy atom. The Balaban J connectivity index is 4.81. The molecule has 0 aliphatic carbocycles. The largest absolute Gasteiger partial charge is 0.481 e. The summed E-state index contributed by atoms with van der Waals surface area (Å²) in [6.45, 7) is 10.9. The first-order valence-corrected chi connectivity index (χ1v) is 7.15. The van der Waals surface area contributed by atoms with Gasteiger partial charge in [-0.05, 0) is 40.5 Å². The van der Waals surface area contributed by atoms with Crippen molar-refractivity contribution in [3.05, 3.63) is 0 Å². The maximum absolute atomic E-state index is 12.3. The fraction of sp³-hybridized carbons (Fsp3) is 0.867. The van der Waals surface area contributed by atoms with Crippen LogP contribution in [-0.2, 0) is 9.59 Å². The number of nitrogens with one attached hydrogen (secondary N) is 1. The van der Waals surface area contributed by atoms with Crippen LogP contribution in [0.1, 0.15) is 67.2 Å². The molecule has 0 aliphatic heterocycles. The van der Waals surface area contributed by atoms with Gasteiger partial charge in [0, 0.05) is 11.5 Å². The molecule has 19 heavy (non-hydrogen) atoms. The Kier molecular flexibility index (Phi) is 6.53. The average Bonchev–Trinajstić information content (AvgIpc) is 2.28. The first-order chi connectivity index (χ1) is 8.60.